The molecule has 0 unspecified atom stereocenters. The van der Waals surface area contributed by atoms with E-state index < -0.39 is 5.91 Å². The Kier molecular flexibility index (Phi) is 7.55. The second-order valence-corrected chi connectivity index (χ2v) is 5.09. The molecule has 1 aromatic rings. The summed E-state index contributed by atoms with van der Waals surface area (Å²) in [5, 5.41) is 0. The van der Waals surface area contributed by atoms with Gasteiger partial charge in [0, 0.05) is 5.69 Å². The molecule has 1 rings (SSSR count). The van der Waals surface area contributed by atoms with Crippen molar-refractivity contribution in [3.63, 3.8) is 0 Å². The third-order valence-corrected chi connectivity index (χ3v) is 3.27. The van der Waals surface area contributed by atoms with Crippen molar-refractivity contribution in [3.05, 3.63) is 23.8 Å². The van der Waals surface area contributed by atoms with Gasteiger partial charge < -0.3 is 16.2 Å². The number of hydrogen-bond acceptors (Lipinski definition) is 3. The minimum absolute atomic E-state index is 0.355. The number of hydrogen-bond donors (Lipinski definition) is 2. The molecule has 4 heteroatoms. The quantitative estimate of drug-likeness (QED) is 0.508. The summed E-state index contributed by atoms with van der Waals surface area (Å²) in [6, 6.07) is 4.98. The van der Waals surface area contributed by atoms with Crippen LogP contribution in [0.4, 0.5) is 5.69 Å². The Morgan fingerprint density at radius 3 is 2.40 bits per heavy atom. The lowest BCUT2D eigenvalue weighted by Crippen LogP contribution is -2.14. The number of anilines is 1. The van der Waals surface area contributed by atoms with Gasteiger partial charge in [-0.3, -0.25) is 4.79 Å². The molecule has 112 valence electrons. The SMILES string of the molecule is CCCCCCCCCOc1ccc(N)cc1C(N)=O. The lowest BCUT2D eigenvalue weighted by Gasteiger charge is -2.10. The van der Waals surface area contributed by atoms with Gasteiger partial charge in [-0.2, -0.15) is 0 Å². The number of primary amides is 1. The predicted molar refractivity (Wildman–Crippen MR) is 82.9 cm³/mol. The van der Waals surface area contributed by atoms with Crippen molar-refractivity contribution < 1.29 is 9.53 Å². The Bertz CT molecular complexity index is 419. The molecule has 0 saturated heterocycles. The lowest BCUT2D eigenvalue weighted by atomic mass is 10.1. The molecule has 0 atom stereocenters. The average molecular weight is 278 g/mol. The lowest BCUT2D eigenvalue weighted by molar-refractivity contribution is 0.0996. The van der Waals surface area contributed by atoms with Crippen molar-refractivity contribution >= 4 is 11.6 Å². The molecule has 0 saturated carbocycles. The van der Waals surface area contributed by atoms with Crippen LogP contribution in [0.25, 0.3) is 0 Å². The number of benzene rings is 1. The van der Waals surface area contributed by atoms with Crippen LogP contribution >= 0.6 is 0 Å². The Labute approximate surface area is 121 Å². The summed E-state index contributed by atoms with van der Waals surface area (Å²) < 4.78 is 5.62. The number of ether oxygens (including phenoxy) is 1. The highest BCUT2D eigenvalue weighted by atomic mass is 16.5. The van der Waals surface area contributed by atoms with Crippen molar-refractivity contribution in [2.75, 3.05) is 12.3 Å². The highest BCUT2D eigenvalue weighted by Crippen LogP contribution is 2.21. The molecule has 0 radical (unpaired) electrons. The second kappa shape index (κ2) is 9.23. The average Bonchev–Trinajstić information content (AvgIpc) is 2.43. The van der Waals surface area contributed by atoms with Gasteiger partial charge in [-0.05, 0) is 24.6 Å². The van der Waals surface area contributed by atoms with Crippen LogP contribution in [-0.2, 0) is 0 Å². The molecule has 20 heavy (non-hydrogen) atoms. The van der Waals surface area contributed by atoms with E-state index in [0.717, 1.165) is 12.8 Å². The van der Waals surface area contributed by atoms with Gasteiger partial charge in [-0.1, -0.05) is 45.4 Å². The largest absolute Gasteiger partial charge is 0.493 e. The first-order chi connectivity index (χ1) is 9.65. The fraction of sp³-hybridized carbons (Fsp3) is 0.562. The van der Waals surface area contributed by atoms with Crippen LogP contribution < -0.4 is 16.2 Å². The third kappa shape index (κ3) is 5.95. The molecule has 0 spiro atoms. The van der Waals surface area contributed by atoms with Gasteiger partial charge in [0.15, 0.2) is 0 Å². The molecule has 0 aliphatic heterocycles. The van der Waals surface area contributed by atoms with Gasteiger partial charge in [0.1, 0.15) is 5.75 Å². The van der Waals surface area contributed by atoms with E-state index in [1.165, 1.54) is 32.1 Å². The highest BCUT2D eigenvalue weighted by molar-refractivity contribution is 5.96. The summed E-state index contributed by atoms with van der Waals surface area (Å²) in [5.41, 5.74) is 11.8. The summed E-state index contributed by atoms with van der Waals surface area (Å²) in [6.45, 7) is 2.83. The minimum atomic E-state index is -0.508. The van der Waals surface area contributed by atoms with E-state index in [0.29, 0.717) is 23.6 Å². The maximum atomic E-state index is 11.3. The predicted octanol–water partition coefficient (Wildman–Crippen LogP) is 3.50. The Morgan fingerprint density at radius 2 is 1.75 bits per heavy atom. The molecule has 0 aliphatic rings. The van der Waals surface area contributed by atoms with E-state index in [9.17, 15) is 4.79 Å². The van der Waals surface area contributed by atoms with Crippen molar-refractivity contribution in [2.24, 2.45) is 5.73 Å². The highest BCUT2D eigenvalue weighted by Gasteiger charge is 2.09. The first kappa shape index (κ1) is 16.3. The number of rotatable bonds is 10. The Hall–Kier alpha value is -1.71. The summed E-state index contributed by atoms with van der Waals surface area (Å²) in [5.74, 6) is 0.0181. The summed E-state index contributed by atoms with van der Waals surface area (Å²) in [4.78, 5) is 11.3. The van der Waals surface area contributed by atoms with Gasteiger partial charge in [-0.25, -0.2) is 0 Å². The maximum Gasteiger partial charge on any atom is 0.252 e. The normalized spacial score (nSPS) is 10.4. The van der Waals surface area contributed by atoms with Crippen LogP contribution in [0.3, 0.4) is 0 Å². The first-order valence-electron chi connectivity index (χ1n) is 7.47. The van der Waals surface area contributed by atoms with Gasteiger partial charge in [0.25, 0.3) is 5.91 Å². The zero-order valence-electron chi connectivity index (χ0n) is 12.4. The number of unbranched alkanes of at least 4 members (excludes halogenated alkanes) is 6. The molecular weight excluding hydrogens is 252 g/mol. The molecule has 0 aliphatic carbocycles. The van der Waals surface area contributed by atoms with Crippen molar-refractivity contribution in [1.82, 2.24) is 0 Å². The molecule has 0 bridgehead atoms. The fourth-order valence-electron chi connectivity index (χ4n) is 2.11. The van der Waals surface area contributed by atoms with E-state index in [1.807, 2.05) is 0 Å². The zero-order valence-corrected chi connectivity index (χ0v) is 12.4. The van der Waals surface area contributed by atoms with Crippen LogP contribution in [0.1, 0.15) is 62.2 Å². The van der Waals surface area contributed by atoms with Crippen LogP contribution in [-0.4, -0.2) is 12.5 Å². The van der Waals surface area contributed by atoms with Crippen LogP contribution in [0.2, 0.25) is 0 Å². The van der Waals surface area contributed by atoms with E-state index >= 15 is 0 Å². The molecular formula is C16H26N2O2. The molecule has 1 aromatic carbocycles. The van der Waals surface area contributed by atoms with E-state index in [-0.39, 0.29) is 0 Å². The van der Waals surface area contributed by atoms with Crippen molar-refractivity contribution in [2.45, 2.75) is 51.9 Å². The van der Waals surface area contributed by atoms with E-state index in [1.54, 1.807) is 18.2 Å². The first-order valence-corrected chi connectivity index (χ1v) is 7.47. The van der Waals surface area contributed by atoms with E-state index in [4.69, 9.17) is 16.2 Å². The zero-order chi connectivity index (χ0) is 14.8. The van der Waals surface area contributed by atoms with Gasteiger partial charge >= 0.3 is 0 Å². The molecule has 4 nitrogen and oxygen atoms in total. The van der Waals surface area contributed by atoms with Crippen LogP contribution in [0.5, 0.6) is 5.75 Å². The molecule has 4 N–H and O–H groups in total. The smallest absolute Gasteiger partial charge is 0.252 e. The molecule has 0 heterocycles. The molecule has 0 aromatic heterocycles. The standard InChI is InChI=1S/C16H26N2O2/c1-2-3-4-5-6-7-8-11-20-15-10-9-13(17)12-14(15)16(18)19/h9-10,12H,2-8,11,17H2,1H3,(H2,18,19). The Balaban J connectivity index is 2.27. The Morgan fingerprint density at radius 1 is 1.10 bits per heavy atom. The molecule has 0 fully saturated rings. The van der Waals surface area contributed by atoms with Gasteiger partial charge in [0.05, 0.1) is 12.2 Å². The number of amides is 1. The summed E-state index contributed by atoms with van der Waals surface area (Å²) in [7, 11) is 0. The minimum Gasteiger partial charge on any atom is -0.493 e. The monoisotopic (exact) mass is 278 g/mol. The topological polar surface area (TPSA) is 78.3 Å². The van der Waals surface area contributed by atoms with Crippen LogP contribution in [0.15, 0.2) is 18.2 Å². The number of nitrogen functional groups attached to an aromatic ring is 1. The number of carbonyl (C=O) groups is 1. The fourth-order valence-corrected chi connectivity index (χ4v) is 2.11. The second-order valence-electron chi connectivity index (χ2n) is 5.09. The summed E-state index contributed by atoms with van der Waals surface area (Å²) >= 11 is 0. The maximum absolute atomic E-state index is 11.3. The van der Waals surface area contributed by atoms with Gasteiger partial charge in [-0.15, -0.1) is 0 Å². The molecule has 1 amide bonds. The van der Waals surface area contributed by atoms with Crippen LogP contribution in [0, 0.1) is 0 Å². The number of nitrogens with two attached hydrogens (primary N) is 2. The van der Waals surface area contributed by atoms with Crippen molar-refractivity contribution in [1.29, 1.82) is 0 Å². The van der Waals surface area contributed by atoms with E-state index in [2.05, 4.69) is 6.92 Å². The van der Waals surface area contributed by atoms with Crippen molar-refractivity contribution in [3.8, 4) is 5.75 Å². The summed E-state index contributed by atoms with van der Waals surface area (Å²) in [6.07, 6.45) is 8.61. The third-order valence-electron chi connectivity index (χ3n) is 3.27. The number of carbonyl (C=O) groups excluding carboxylic acids is 1. The van der Waals surface area contributed by atoms with Gasteiger partial charge in [0.2, 0.25) is 0 Å².